The number of hydrogen-bond donors (Lipinski definition) is 1. The molecule has 37 heavy (non-hydrogen) atoms. The second-order valence-electron chi connectivity index (χ2n) is 8.11. The second-order valence-corrected chi connectivity index (χ2v) is 9.99. The Bertz CT molecular complexity index is 1410. The third kappa shape index (κ3) is 6.58. The van der Waals surface area contributed by atoms with Crippen LogP contribution in [-0.4, -0.2) is 28.6 Å². The quantitative estimate of drug-likeness (QED) is 0.303. The number of carbonyl (C=O) groups is 2. The Morgan fingerprint density at radius 1 is 1.05 bits per heavy atom. The number of aliphatic hydroxyl groups is 1. The molecule has 188 valence electrons. The molecule has 4 rings (SSSR count). The Labute approximate surface area is 227 Å². The SMILES string of the molecule is CCOC(=O)C1=C(O)/C(=C/c2ccc(OCc3ccc(C)cc3)c(Br)c2)SC1=NC(=O)c1ccccc1. The van der Waals surface area contributed by atoms with Gasteiger partial charge in [-0.3, -0.25) is 4.79 Å². The van der Waals surface area contributed by atoms with E-state index in [0.29, 0.717) is 22.8 Å². The highest BCUT2D eigenvalue weighted by Crippen LogP contribution is 2.40. The Morgan fingerprint density at radius 2 is 1.78 bits per heavy atom. The zero-order valence-electron chi connectivity index (χ0n) is 20.2. The molecule has 1 N–H and O–H groups in total. The number of aliphatic hydroxyl groups excluding tert-OH is 1. The normalized spacial score (nSPS) is 15.3. The van der Waals surface area contributed by atoms with Crippen molar-refractivity contribution in [2.24, 2.45) is 4.99 Å². The van der Waals surface area contributed by atoms with E-state index in [4.69, 9.17) is 9.47 Å². The molecule has 1 aliphatic rings. The Kier molecular flexibility index (Phi) is 8.63. The first kappa shape index (κ1) is 26.4. The van der Waals surface area contributed by atoms with Crippen LogP contribution >= 0.6 is 27.7 Å². The van der Waals surface area contributed by atoms with Crippen LogP contribution in [0.25, 0.3) is 6.08 Å². The van der Waals surface area contributed by atoms with Crippen molar-refractivity contribution in [2.45, 2.75) is 20.5 Å². The zero-order valence-corrected chi connectivity index (χ0v) is 22.6. The monoisotopic (exact) mass is 577 g/mol. The minimum atomic E-state index is -0.739. The smallest absolute Gasteiger partial charge is 0.344 e. The summed E-state index contributed by atoms with van der Waals surface area (Å²) in [6.07, 6.45) is 1.71. The van der Waals surface area contributed by atoms with Crippen molar-refractivity contribution in [3.63, 3.8) is 0 Å². The molecule has 0 aliphatic carbocycles. The van der Waals surface area contributed by atoms with E-state index in [-0.39, 0.29) is 23.0 Å². The fourth-order valence-corrected chi connectivity index (χ4v) is 4.97. The third-order valence-corrected chi connectivity index (χ3v) is 7.00. The maximum absolute atomic E-state index is 12.7. The molecule has 1 aliphatic heterocycles. The Morgan fingerprint density at radius 3 is 2.46 bits per heavy atom. The highest BCUT2D eigenvalue weighted by molar-refractivity contribution is 9.10. The van der Waals surface area contributed by atoms with Gasteiger partial charge >= 0.3 is 5.97 Å². The predicted octanol–water partition coefficient (Wildman–Crippen LogP) is 7.04. The van der Waals surface area contributed by atoms with E-state index < -0.39 is 11.9 Å². The van der Waals surface area contributed by atoms with Gasteiger partial charge in [0.25, 0.3) is 5.91 Å². The van der Waals surface area contributed by atoms with E-state index in [1.165, 1.54) is 5.56 Å². The van der Waals surface area contributed by atoms with Gasteiger partial charge in [0.1, 0.15) is 28.7 Å². The minimum absolute atomic E-state index is 0.0909. The van der Waals surface area contributed by atoms with Gasteiger partial charge in [0.2, 0.25) is 0 Å². The molecule has 3 aromatic carbocycles. The Hall–Kier alpha value is -3.62. The van der Waals surface area contributed by atoms with E-state index in [2.05, 4.69) is 20.9 Å². The molecule has 0 radical (unpaired) electrons. The summed E-state index contributed by atoms with van der Waals surface area (Å²) < 4.78 is 11.8. The predicted molar refractivity (Wildman–Crippen MR) is 150 cm³/mol. The number of halogens is 1. The molecule has 8 heteroatoms. The number of rotatable bonds is 7. The summed E-state index contributed by atoms with van der Waals surface area (Å²) in [5.74, 6) is -0.864. The van der Waals surface area contributed by atoms with Crippen molar-refractivity contribution >= 4 is 50.7 Å². The summed E-state index contributed by atoms with van der Waals surface area (Å²) in [6.45, 7) is 4.25. The van der Waals surface area contributed by atoms with Gasteiger partial charge in [-0.25, -0.2) is 9.79 Å². The van der Waals surface area contributed by atoms with Gasteiger partial charge in [0, 0.05) is 5.56 Å². The molecule has 0 bridgehead atoms. The van der Waals surface area contributed by atoms with Gasteiger partial charge in [-0.2, -0.15) is 0 Å². The number of thioether (sulfide) groups is 1. The molecule has 0 unspecified atom stereocenters. The number of aryl methyl sites for hydroxylation is 1. The van der Waals surface area contributed by atoms with Crippen LogP contribution in [0.3, 0.4) is 0 Å². The first-order valence-corrected chi connectivity index (χ1v) is 13.1. The minimum Gasteiger partial charge on any atom is -0.506 e. The fraction of sp³-hybridized carbons (Fsp3) is 0.138. The van der Waals surface area contributed by atoms with Crippen molar-refractivity contribution < 1.29 is 24.2 Å². The number of ether oxygens (including phenoxy) is 2. The van der Waals surface area contributed by atoms with Crippen LogP contribution in [0, 0.1) is 6.92 Å². The fourth-order valence-electron chi connectivity index (χ4n) is 3.45. The number of nitrogens with zero attached hydrogens (tertiary/aromatic N) is 1. The first-order chi connectivity index (χ1) is 17.9. The second kappa shape index (κ2) is 12.1. The largest absolute Gasteiger partial charge is 0.506 e. The molecule has 0 aromatic heterocycles. The molecule has 0 saturated carbocycles. The van der Waals surface area contributed by atoms with Crippen molar-refractivity contribution in [3.05, 3.63) is 116 Å². The van der Waals surface area contributed by atoms with E-state index in [1.54, 1.807) is 43.3 Å². The summed E-state index contributed by atoms with van der Waals surface area (Å²) >= 11 is 4.58. The summed E-state index contributed by atoms with van der Waals surface area (Å²) in [5.41, 5.74) is 3.25. The van der Waals surface area contributed by atoms with E-state index >= 15 is 0 Å². The van der Waals surface area contributed by atoms with Crippen LogP contribution in [0.1, 0.15) is 34.0 Å². The van der Waals surface area contributed by atoms with E-state index in [1.807, 2.05) is 49.4 Å². The van der Waals surface area contributed by atoms with Gasteiger partial charge in [-0.1, -0.05) is 65.9 Å². The van der Waals surface area contributed by atoms with Crippen molar-refractivity contribution in [2.75, 3.05) is 6.61 Å². The standard InChI is InChI=1S/C29H24BrNO5S/c1-3-35-29(34)25-26(32)24(37-28(25)31-27(33)21-7-5-4-6-8-21)16-20-13-14-23(22(30)15-20)36-17-19-11-9-18(2)10-12-19/h4-16,32H,3,17H2,1-2H3/b24-16-,31-28?. The summed E-state index contributed by atoms with van der Waals surface area (Å²) in [4.78, 5) is 29.7. The van der Waals surface area contributed by atoms with Gasteiger partial charge in [-0.15, -0.1) is 0 Å². The van der Waals surface area contributed by atoms with Crippen LogP contribution in [0.5, 0.6) is 5.75 Å². The number of hydrogen-bond acceptors (Lipinski definition) is 6. The molecule has 0 fully saturated rings. The molecular weight excluding hydrogens is 554 g/mol. The molecule has 3 aromatic rings. The van der Waals surface area contributed by atoms with E-state index in [9.17, 15) is 14.7 Å². The average molecular weight is 578 g/mol. The summed E-state index contributed by atoms with van der Waals surface area (Å²) in [6, 6.07) is 22.2. The maximum Gasteiger partial charge on any atom is 0.344 e. The van der Waals surface area contributed by atoms with Crippen molar-refractivity contribution in [1.29, 1.82) is 0 Å². The summed E-state index contributed by atoms with van der Waals surface area (Å²) in [5, 5.41) is 11.0. The lowest BCUT2D eigenvalue weighted by atomic mass is 10.1. The highest BCUT2D eigenvalue weighted by atomic mass is 79.9. The van der Waals surface area contributed by atoms with Crippen LogP contribution in [0.2, 0.25) is 0 Å². The van der Waals surface area contributed by atoms with Crippen LogP contribution in [-0.2, 0) is 16.1 Å². The molecule has 1 heterocycles. The number of esters is 1. The number of carbonyl (C=O) groups excluding carboxylic acids is 2. The zero-order chi connectivity index (χ0) is 26.4. The van der Waals surface area contributed by atoms with Crippen LogP contribution in [0.4, 0.5) is 0 Å². The molecule has 0 saturated heterocycles. The highest BCUT2D eigenvalue weighted by Gasteiger charge is 2.34. The lowest BCUT2D eigenvalue weighted by Crippen LogP contribution is -2.14. The third-order valence-electron chi connectivity index (χ3n) is 5.36. The van der Waals surface area contributed by atoms with Crippen molar-refractivity contribution in [1.82, 2.24) is 0 Å². The van der Waals surface area contributed by atoms with Gasteiger partial charge in [0.15, 0.2) is 0 Å². The van der Waals surface area contributed by atoms with Crippen LogP contribution in [0.15, 0.2) is 98.5 Å². The average Bonchev–Trinajstić information content (AvgIpc) is 3.19. The number of amides is 1. The van der Waals surface area contributed by atoms with Gasteiger partial charge < -0.3 is 14.6 Å². The molecule has 0 atom stereocenters. The van der Waals surface area contributed by atoms with Crippen molar-refractivity contribution in [3.8, 4) is 5.75 Å². The lowest BCUT2D eigenvalue weighted by molar-refractivity contribution is -0.138. The number of aliphatic imine (C=N–C) groups is 1. The molecule has 0 spiro atoms. The first-order valence-electron chi connectivity index (χ1n) is 11.5. The molecular formula is C29H24BrNO5S. The molecule has 6 nitrogen and oxygen atoms in total. The molecule has 1 amide bonds. The maximum atomic E-state index is 12.7. The summed E-state index contributed by atoms with van der Waals surface area (Å²) in [7, 11) is 0. The van der Waals surface area contributed by atoms with Crippen LogP contribution < -0.4 is 4.74 Å². The van der Waals surface area contributed by atoms with Gasteiger partial charge in [-0.05, 0) is 71.2 Å². The number of benzene rings is 3. The Balaban J connectivity index is 1.58. The van der Waals surface area contributed by atoms with E-state index in [0.717, 1.165) is 27.4 Å². The lowest BCUT2D eigenvalue weighted by Gasteiger charge is -2.09. The van der Waals surface area contributed by atoms with Gasteiger partial charge in [0.05, 0.1) is 16.0 Å². The topological polar surface area (TPSA) is 85.2 Å².